The summed E-state index contributed by atoms with van der Waals surface area (Å²) in [6, 6.07) is 1.11. The largest absolute Gasteiger partial charge is 0.393 e. The van der Waals surface area contributed by atoms with Gasteiger partial charge in [0.25, 0.3) is 5.69 Å². The zero-order valence-corrected chi connectivity index (χ0v) is 14.5. The van der Waals surface area contributed by atoms with Crippen LogP contribution in [0.3, 0.4) is 0 Å². The van der Waals surface area contributed by atoms with E-state index in [1.54, 1.807) is 13.8 Å². The van der Waals surface area contributed by atoms with Crippen LogP contribution in [-0.2, 0) is 11.3 Å². The summed E-state index contributed by atoms with van der Waals surface area (Å²) in [5, 5.41) is 20.7. The van der Waals surface area contributed by atoms with Crippen LogP contribution in [-0.4, -0.2) is 26.6 Å². The zero-order chi connectivity index (χ0) is 19.0. The van der Waals surface area contributed by atoms with E-state index in [-0.39, 0.29) is 34.9 Å². The molecule has 9 heteroatoms. The van der Waals surface area contributed by atoms with Crippen molar-refractivity contribution in [2.45, 2.75) is 39.4 Å². The molecule has 0 spiro atoms. The Balaban J connectivity index is 2.30. The standard InChI is InChI=1S/C17H19FN4O4/c1-8-14(9(2)21-13(7-23)20-8)10-6-11(22(24)25)17(19)15(16(10)18)12-4-3-5-26-12/h6,12,23H,3-5,7,19H2,1-2H3. The Morgan fingerprint density at radius 3 is 2.58 bits per heavy atom. The molecule has 3 rings (SSSR count). The van der Waals surface area contributed by atoms with Crippen LogP contribution >= 0.6 is 0 Å². The molecule has 1 saturated heterocycles. The van der Waals surface area contributed by atoms with Gasteiger partial charge in [0, 0.05) is 40.8 Å². The number of nitrogens with zero attached hydrogens (tertiary/aromatic N) is 3. The molecular weight excluding hydrogens is 343 g/mol. The fraction of sp³-hybridized carbons (Fsp3) is 0.412. The third kappa shape index (κ3) is 2.99. The highest BCUT2D eigenvalue weighted by atomic mass is 19.1. The number of hydrogen-bond acceptors (Lipinski definition) is 7. The first-order chi connectivity index (χ1) is 12.3. The minimum atomic E-state index is -0.661. The Kier molecular flexibility index (Phi) is 4.84. The van der Waals surface area contributed by atoms with E-state index in [9.17, 15) is 15.2 Å². The van der Waals surface area contributed by atoms with E-state index in [2.05, 4.69) is 9.97 Å². The van der Waals surface area contributed by atoms with Gasteiger partial charge in [0.2, 0.25) is 0 Å². The summed E-state index contributed by atoms with van der Waals surface area (Å²) < 4.78 is 20.9. The third-order valence-electron chi connectivity index (χ3n) is 4.50. The average Bonchev–Trinajstić information content (AvgIpc) is 3.09. The Bertz CT molecular complexity index is 859. The van der Waals surface area contributed by atoms with Crippen molar-refractivity contribution in [2.75, 3.05) is 12.3 Å². The second-order valence-corrected chi connectivity index (χ2v) is 6.19. The molecule has 2 heterocycles. The Morgan fingerprint density at radius 1 is 1.42 bits per heavy atom. The van der Waals surface area contributed by atoms with Crippen LogP contribution in [0.4, 0.5) is 15.8 Å². The van der Waals surface area contributed by atoms with Gasteiger partial charge in [-0.25, -0.2) is 14.4 Å². The monoisotopic (exact) mass is 362 g/mol. The number of halogens is 1. The minimum Gasteiger partial charge on any atom is -0.393 e. The first-order valence-electron chi connectivity index (χ1n) is 8.18. The smallest absolute Gasteiger partial charge is 0.293 e. The molecule has 0 saturated carbocycles. The van der Waals surface area contributed by atoms with E-state index < -0.39 is 16.8 Å². The van der Waals surface area contributed by atoms with Gasteiger partial charge in [0.05, 0.1) is 11.0 Å². The van der Waals surface area contributed by atoms with Crippen LogP contribution in [0.5, 0.6) is 0 Å². The number of rotatable bonds is 4. The maximum Gasteiger partial charge on any atom is 0.293 e. The number of aliphatic hydroxyl groups is 1. The molecule has 1 aromatic carbocycles. The van der Waals surface area contributed by atoms with Crippen molar-refractivity contribution in [1.82, 2.24) is 9.97 Å². The number of anilines is 1. The summed E-state index contributed by atoms with van der Waals surface area (Å²) >= 11 is 0. The van der Waals surface area contributed by atoms with Crippen molar-refractivity contribution in [3.8, 4) is 11.1 Å². The third-order valence-corrected chi connectivity index (χ3v) is 4.50. The number of aliphatic hydroxyl groups excluding tert-OH is 1. The average molecular weight is 362 g/mol. The van der Waals surface area contributed by atoms with Crippen LogP contribution in [0.2, 0.25) is 0 Å². The fourth-order valence-electron chi connectivity index (χ4n) is 3.38. The number of aromatic nitrogens is 2. The lowest BCUT2D eigenvalue weighted by Gasteiger charge is -2.18. The first kappa shape index (κ1) is 18.2. The quantitative estimate of drug-likeness (QED) is 0.487. The summed E-state index contributed by atoms with van der Waals surface area (Å²) in [5.74, 6) is -0.458. The van der Waals surface area contributed by atoms with Crippen molar-refractivity contribution in [1.29, 1.82) is 0 Å². The molecule has 1 aliphatic heterocycles. The van der Waals surface area contributed by atoms with Crippen molar-refractivity contribution >= 4 is 11.4 Å². The molecule has 1 aromatic heterocycles. The van der Waals surface area contributed by atoms with E-state index in [0.717, 1.165) is 12.5 Å². The highest BCUT2D eigenvalue weighted by molar-refractivity contribution is 5.78. The van der Waals surface area contributed by atoms with Crippen molar-refractivity contribution < 1.29 is 19.2 Å². The predicted octanol–water partition coefficient (Wildman–Crippen LogP) is 2.73. The van der Waals surface area contributed by atoms with Gasteiger partial charge in [-0.2, -0.15) is 0 Å². The lowest BCUT2D eigenvalue weighted by atomic mass is 9.94. The van der Waals surface area contributed by atoms with Gasteiger partial charge in [-0.3, -0.25) is 10.1 Å². The number of ether oxygens (including phenoxy) is 1. The van der Waals surface area contributed by atoms with E-state index in [0.29, 0.717) is 30.0 Å². The molecule has 1 fully saturated rings. The van der Waals surface area contributed by atoms with Gasteiger partial charge in [0.1, 0.15) is 18.1 Å². The van der Waals surface area contributed by atoms with Gasteiger partial charge in [-0.15, -0.1) is 0 Å². The van der Waals surface area contributed by atoms with Crippen LogP contribution in [0.25, 0.3) is 11.1 Å². The first-order valence-corrected chi connectivity index (χ1v) is 8.18. The summed E-state index contributed by atoms with van der Waals surface area (Å²) in [4.78, 5) is 19.1. The lowest BCUT2D eigenvalue weighted by molar-refractivity contribution is -0.384. The summed E-state index contributed by atoms with van der Waals surface area (Å²) in [6.45, 7) is 3.37. The molecule has 0 aliphatic carbocycles. The molecule has 2 aromatic rings. The number of nitrogens with two attached hydrogens (primary N) is 1. The Labute approximate surface area is 149 Å². The molecule has 0 radical (unpaired) electrons. The van der Waals surface area contributed by atoms with Crippen molar-refractivity contribution in [3.63, 3.8) is 0 Å². The maximum atomic E-state index is 15.4. The van der Waals surface area contributed by atoms with Gasteiger partial charge in [0.15, 0.2) is 5.82 Å². The van der Waals surface area contributed by atoms with E-state index in [1.165, 1.54) is 0 Å². The van der Waals surface area contributed by atoms with Crippen molar-refractivity contribution in [2.24, 2.45) is 0 Å². The van der Waals surface area contributed by atoms with E-state index >= 15 is 4.39 Å². The van der Waals surface area contributed by atoms with Gasteiger partial charge in [-0.1, -0.05) is 0 Å². The second-order valence-electron chi connectivity index (χ2n) is 6.19. The summed E-state index contributed by atoms with van der Waals surface area (Å²) in [6.07, 6.45) is 0.653. The molecular formula is C17H19FN4O4. The molecule has 3 N–H and O–H groups in total. The van der Waals surface area contributed by atoms with E-state index in [1.807, 2.05) is 0 Å². The summed E-state index contributed by atoms with van der Waals surface area (Å²) in [5.41, 5.74) is 6.51. The lowest BCUT2D eigenvalue weighted by Crippen LogP contribution is -2.11. The molecule has 138 valence electrons. The number of hydrogen-bond donors (Lipinski definition) is 2. The number of aryl methyl sites for hydroxylation is 2. The molecule has 1 atom stereocenters. The SMILES string of the molecule is Cc1nc(CO)nc(C)c1-c1cc([N+](=O)[O-])c(N)c(C2CCCO2)c1F. The molecule has 1 unspecified atom stereocenters. The molecule has 26 heavy (non-hydrogen) atoms. The zero-order valence-electron chi connectivity index (χ0n) is 14.5. The van der Waals surface area contributed by atoms with Gasteiger partial charge >= 0.3 is 0 Å². The van der Waals surface area contributed by atoms with Gasteiger partial charge < -0.3 is 15.6 Å². The minimum absolute atomic E-state index is 0.0101. The second kappa shape index (κ2) is 6.93. The topological polar surface area (TPSA) is 124 Å². The number of benzene rings is 1. The molecule has 1 aliphatic rings. The van der Waals surface area contributed by atoms with Crippen LogP contribution < -0.4 is 5.73 Å². The normalized spacial score (nSPS) is 16.8. The Hall–Kier alpha value is -2.65. The molecule has 8 nitrogen and oxygen atoms in total. The van der Waals surface area contributed by atoms with E-state index in [4.69, 9.17) is 10.5 Å². The van der Waals surface area contributed by atoms with Crippen molar-refractivity contribution in [3.05, 3.63) is 44.8 Å². The molecule has 0 amide bonds. The van der Waals surface area contributed by atoms with Gasteiger partial charge in [-0.05, 0) is 26.7 Å². The highest BCUT2D eigenvalue weighted by Crippen LogP contribution is 2.43. The number of nitro benzene ring substituents is 1. The summed E-state index contributed by atoms with van der Waals surface area (Å²) in [7, 11) is 0. The fourth-order valence-corrected chi connectivity index (χ4v) is 3.38. The maximum absolute atomic E-state index is 15.4. The molecule has 0 bridgehead atoms. The predicted molar refractivity (Wildman–Crippen MR) is 91.8 cm³/mol. The number of nitro groups is 1. The number of nitrogen functional groups attached to an aromatic ring is 1. The highest BCUT2D eigenvalue weighted by Gasteiger charge is 2.32. The van der Waals surface area contributed by atoms with Crippen LogP contribution in [0.15, 0.2) is 6.07 Å². The van der Waals surface area contributed by atoms with Crippen LogP contribution in [0.1, 0.15) is 41.7 Å². The Morgan fingerprint density at radius 2 is 2.08 bits per heavy atom. The van der Waals surface area contributed by atoms with Crippen LogP contribution in [0, 0.1) is 29.8 Å².